The van der Waals surface area contributed by atoms with Crippen LogP contribution < -0.4 is 14.2 Å². The maximum absolute atomic E-state index is 11.1. The maximum Gasteiger partial charge on any atom is 0.374 e. The first kappa shape index (κ1) is 29.3. The van der Waals surface area contributed by atoms with Gasteiger partial charge in [-0.05, 0) is 56.0 Å². The van der Waals surface area contributed by atoms with Gasteiger partial charge >= 0.3 is 5.89 Å². The summed E-state index contributed by atoms with van der Waals surface area (Å²) in [5.41, 5.74) is 3.22. The number of fused-ring (bicyclic) bond motifs is 2. The predicted molar refractivity (Wildman–Crippen MR) is 152 cm³/mol. The molecule has 0 saturated carbocycles. The normalized spacial score (nSPS) is 15.2. The quantitative estimate of drug-likeness (QED) is 0.159. The van der Waals surface area contributed by atoms with E-state index in [-0.39, 0.29) is 11.5 Å². The van der Waals surface area contributed by atoms with Crippen molar-refractivity contribution in [2.45, 2.75) is 39.2 Å². The average Bonchev–Trinajstić information content (AvgIpc) is 3.35. The van der Waals surface area contributed by atoms with Crippen molar-refractivity contribution in [3.05, 3.63) is 70.4 Å². The Balaban J connectivity index is 1.59. The van der Waals surface area contributed by atoms with E-state index >= 15 is 0 Å². The van der Waals surface area contributed by atoms with Gasteiger partial charge in [-0.1, -0.05) is 28.1 Å². The van der Waals surface area contributed by atoms with Gasteiger partial charge in [0.2, 0.25) is 11.5 Å². The first-order valence-corrected chi connectivity index (χ1v) is 16.4. The number of nitrogens with zero attached hydrogens (tertiary/aromatic N) is 2. The van der Waals surface area contributed by atoms with Crippen LogP contribution in [0.3, 0.4) is 0 Å². The molecule has 0 saturated heterocycles. The molecule has 10 nitrogen and oxygen atoms in total. The van der Waals surface area contributed by atoms with E-state index in [1.807, 2.05) is 71.0 Å². The number of allylic oxidation sites excluding steroid dienone is 2. The number of rotatable bonds is 12. The molecule has 13 heteroatoms. The molecule has 0 fully saturated rings. The van der Waals surface area contributed by atoms with Crippen molar-refractivity contribution in [2.75, 3.05) is 23.0 Å². The van der Waals surface area contributed by atoms with Gasteiger partial charge in [0, 0.05) is 29.6 Å². The summed E-state index contributed by atoms with van der Waals surface area (Å²) >= 11 is 3.49. The molecule has 1 aromatic heterocycles. The third kappa shape index (κ3) is 8.15. The van der Waals surface area contributed by atoms with Crippen LogP contribution >= 0.6 is 15.9 Å². The van der Waals surface area contributed by atoms with Crippen LogP contribution in [0.1, 0.15) is 38.5 Å². The molecule has 0 spiro atoms. The molecular weight excluding hydrogens is 612 g/mol. The second-order valence-corrected chi connectivity index (χ2v) is 13.3. The fourth-order valence-electron chi connectivity index (χ4n) is 4.34. The van der Waals surface area contributed by atoms with Crippen LogP contribution in [-0.2, 0) is 26.8 Å². The van der Waals surface area contributed by atoms with Crippen LogP contribution in [0.5, 0.6) is 5.75 Å². The van der Waals surface area contributed by atoms with Crippen molar-refractivity contribution in [2.24, 2.45) is 0 Å². The zero-order valence-electron chi connectivity index (χ0n) is 21.3. The largest absolute Gasteiger partial charge is 0.439 e. The van der Waals surface area contributed by atoms with Crippen molar-refractivity contribution in [3.63, 3.8) is 0 Å². The Hall–Kier alpha value is -2.71. The number of halogens is 1. The number of anilines is 1. The molecule has 0 unspecified atom stereocenters. The Bertz CT molecular complexity index is 1630. The van der Waals surface area contributed by atoms with Crippen molar-refractivity contribution in [1.29, 1.82) is 0 Å². The summed E-state index contributed by atoms with van der Waals surface area (Å²) in [7, 11) is -8.03. The van der Waals surface area contributed by atoms with Crippen LogP contribution in [-0.4, -0.2) is 44.0 Å². The first-order chi connectivity index (χ1) is 18.4. The van der Waals surface area contributed by atoms with E-state index in [0.717, 1.165) is 21.2 Å². The summed E-state index contributed by atoms with van der Waals surface area (Å²) in [5, 5.41) is 0. The highest BCUT2D eigenvalue weighted by Crippen LogP contribution is 2.41. The number of para-hydroxylation sites is 2. The van der Waals surface area contributed by atoms with Crippen molar-refractivity contribution in [1.82, 2.24) is 0 Å². The summed E-state index contributed by atoms with van der Waals surface area (Å²) in [6.45, 7) is 2.89. The fraction of sp³-hybridized carbons (Fsp3) is 0.346. The van der Waals surface area contributed by atoms with Gasteiger partial charge < -0.3 is 14.1 Å². The van der Waals surface area contributed by atoms with Crippen molar-refractivity contribution in [3.8, 4) is 5.75 Å². The molecule has 0 radical (unpaired) electrons. The van der Waals surface area contributed by atoms with Gasteiger partial charge in [-0.25, -0.2) is 0 Å². The lowest BCUT2D eigenvalue weighted by atomic mass is 10.2. The van der Waals surface area contributed by atoms with Gasteiger partial charge in [0.15, 0.2) is 12.3 Å². The van der Waals surface area contributed by atoms with Crippen LogP contribution in [0.15, 0.2) is 68.9 Å². The molecule has 0 bridgehead atoms. The topological polar surface area (TPSA) is 138 Å². The summed E-state index contributed by atoms with van der Waals surface area (Å²) in [4.78, 5) is 1.96. The van der Waals surface area contributed by atoms with Gasteiger partial charge in [-0.2, -0.15) is 21.4 Å². The monoisotopic (exact) mass is 641 g/mol. The van der Waals surface area contributed by atoms with Gasteiger partial charge in [0.25, 0.3) is 25.8 Å². The second-order valence-electron chi connectivity index (χ2n) is 9.28. The zero-order valence-corrected chi connectivity index (χ0v) is 24.5. The fourth-order valence-corrected chi connectivity index (χ4v) is 5.83. The summed E-state index contributed by atoms with van der Waals surface area (Å²) in [6, 6.07) is 13.2. The van der Waals surface area contributed by atoms with Gasteiger partial charge in [-0.3, -0.25) is 9.11 Å². The van der Waals surface area contributed by atoms with E-state index in [2.05, 4.69) is 15.9 Å². The van der Waals surface area contributed by atoms with Crippen LogP contribution in [0.4, 0.5) is 5.69 Å². The van der Waals surface area contributed by atoms with Gasteiger partial charge in [-0.15, -0.1) is 0 Å². The molecule has 0 amide bonds. The number of oxazole rings is 1. The Kier molecular flexibility index (Phi) is 9.17. The molecule has 1 aliphatic rings. The number of hydrogen-bond donors (Lipinski definition) is 2. The Morgan fingerprint density at radius 3 is 2.41 bits per heavy atom. The van der Waals surface area contributed by atoms with E-state index in [4.69, 9.17) is 18.3 Å². The van der Waals surface area contributed by atoms with E-state index in [1.165, 1.54) is 0 Å². The van der Waals surface area contributed by atoms with Gasteiger partial charge in [0.1, 0.15) is 0 Å². The maximum atomic E-state index is 11.1. The Labute approximate surface area is 236 Å². The number of benzene rings is 2. The molecule has 3 aromatic rings. The average molecular weight is 643 g/mol. The molecule has 2 aromatic carbocycles. The minimum Gasteiger partial charge on any atom is -0.439 e. The van der Waals surface area contributed by atoms with Crippen LogP contribution in [0, 0.1) is 0 Å². The molecule has 2 heterocycles. The molecule has 0 aliphatic carbocycles. The Morgan fingerprint density at radius 1 is 1.00 bits per heavy atom. The minimum atomic E-state index is -4.02. The van der Waals surface area contributed by atoms with E-state index in [0.29, 0.717) is 61.9 Å². The Morgan fingerprint density at radius 2 is 1.69 bits per heavy atom. The number of unbranched alkanes of at least 4 members (excludes halogenated alkanes) is 2. The highest BCUT2D eigenvalue weighted by atomic mass is 79.9. The lowest BCUT2D eigenvalue weighted by Crippen LogP contribution is -2.35. The van der Waals surface area contributed by atoms with E-state index < -0.39 is 20.2 Å². The van der Waals surface area contributed by atoms with Gasteiger partial charge in [0.05, 0.1) is 23.3 Å². The molecule has 4 rings (SSSR count). The highest BCUT2D eigenvalue weighted by Gasteiger charge is 2.27. The lowest BCUT2D eigenvalue weighted by Gasteiger charge is -2.18. The van der Waals surface area contributed by atoms with E-state index in [1.54, 1.807) is 0 Å². The minimum absolute atomic E-state index is 0.298. The highest BCUT2D eigenvalue weighted by molar-refractivity contribution is 9.10. The standard InChI is InChI=1S/C26H29BrN2O8S2/c1-19(16-25-28(12-4-6-14-38(30,31)32)21-8-2-3-9-23(21)36-25)17-26-29(13-5-7-15-39(33,34)35)22-18-20(27)10-11-24(22)37-26/h2-3,8-11,16-18H,4-7,12-15H2,1H3,(H-,30,31,32,33,34,35)/p+1. The van der Waals surface area contributed by atoms with Crippen LogP contribution in [0.2, 0.25) is 0 Å². The molecule has 39 heavy (non-hydrogen) atoms. The molecular formula is C26H30BrN2O8S2+. The smallest absolute Gasteiger partial charge is 0.374 e. The van der Waals surface area contributed by atoms with Crippen molar-refractivity contribution >= 4 is 59.0 Å². The number of aromatic nitrogens is 1. The molecule has 1 aliphatic heterocycles. The number of ether oxygens (including phenoxy) is 1. The van der Waals surface area contributed by atoms with Crippen LogP contribution in [0.25, 0.3) is 17.2 Å². The zero-order chi connectivity index (χ0) is 28.2. The molecule has 0 atom stereocenters. The van der Waals surface area contributed by atoms with E-state index in [9.17, 15) is 16.8 Å². The third-order valence-corrected chi connectivity index (χ3v) is 8.20. The molecule has 210 valence electrons. The van der Waals surface area contributed by atoms with Crippen molar-refractivity contribution < 1.29 is 39.7 Å². The predicted octanol–water partition coefficient (Wildman–Crippen LogP) is 4.96. The summed E-state index contributed by atoms with van der Waals surface area (Å²) in [6.07, 6.45) is 5.39. The first-order valence-electron chi connectivity index (χ1n) is 12.4. The summed E-state index contributed by atoms with van der Waals surface area (Å²) < 4.78 is 77.6. The second kappa shape index (κ2) is 12.2. The number of aryl methyl sites for hydroxylation is 1. The number of hydrogen-bond acceptors (Lipinski definition) is 7. The molecule has 2 N–H and O–H groups in total. The summed E-state index contributed by atoms with van der Waals surface area (Å²) in [5.74, 6) is 1.22. The SMILES string of the molecule is CC(/C=C1\Oc2ccc(Br)cc2N1CCCCS(=O)(=O)O)=C\c1oc2ccccc2[n+]1CCCCS(=O)(=O)O. The lowest BCUT2D eigenvalue weighted by molar-refractivity contribution is -0.678. The third-order valence-electron chi connectivity index (χ3n) is 6.10.